The molecular formula is C14H18Cl2N2. The van der Waals surface area contributed by atoms with Gasteiger partial charge in [-0.2, -0.15) is 0 Å². The molecular weight excluding hydrogens is 267 g/mol. The van der Waals surface area contributed by atoms with E-state index in [4.69, 9.17) is 23.2 Å². The summed E-state index contributed by atoms with van der Waals surface area (Å²) in [6.07, 6.45) is 2.60. The fourth-order valence-corrected chi connectivity index (χ4v) is 3.52. The van der Waals surface area contributed by atoms with Crippen LogP contribution in [-0.2, 0) is 0 Å². The van der Waals surface area contributed by atoms with Crippen molar-refractivity contribution in [2.45, 2.75) is 25.8 Å². The van der Waals surface area contributed by atoms with Crippen molar-refractivity contribution in [1.29, 1.82) is 0 Å². The molecule has 3 aliphatic rings. The molecule has 0 radical (unpaired) electrons. The van der Waals surface area contributed by atoms with E-state index in [9.17, 15) is 0 Å². The average Bonchev–Trinajstić information content (AvgIpc) is 2.37. The maximum atomic E-state index is 6.29. The van der Waals surface area contributed by atoms with E-state index < -0.39 is 0 Å². The highest BCUT2D eigenvalue weighted by Gasteiger charge is 2.34. The minimum absolute atomic E-state index is 0.517. The molecule has 0 aromatic heterocycles. The topological polar surface area (TPSA) is 15.3 Å². The lowest BCUT2D eigenvalue weighted by Gasteiger charge is -2.45. The maximum Gasteiger partial charge on any atom is 0.0641 e. The zero-order valence-electron chi connectivity index (χ0n) is 10.5. The van der Waals surface area contributed by atoms with Gasteiger partial charge in [-0.25, -0.2) is 0 Å². The van der Waals surface area contributed by atoms with Gasteiger partial charge in [0, 0.05) is 17.6 Å². The summed E-state index contributed by atoms with van der Waals surface area (Å²) in [6, 6.07) is 4.41. The molecule has 3 heterocycles. The number of halogens is 2. The molecule has 1 aromatic rings. The first-order chi connectivity index (χ1) is 8.63. The van der Waals surface area contributed by atoms with Gasteiger partial charge in [0.1, 0.15) is 0 Å². The number of piperidine rings is 3. The Kier molecular flexibility index (Phi) is 3.44. The molecule has 0 amide bonds. The molecule has 3 aliphatic heterocycles. The summed E-state index contributed by atoms with van der Waals surface area (Å²) in [5.41, 5.74) is 2.01. The van der Waals surface area contributed by atoms with Gasteiger partial charge in [0.15, 0.2) is 0 Å². The standard InChI is InChI=1S/C14H18Cl2N2/c1-9-6-12(16)13(7-11(9)15)17-14-8-18-4-2-10(14)3-5-18/h6-7,10,14,17H,2-5,8H2,1H3. The highest BCUT2D eigenvalue weighted by atomic mass is 35.5. The largest absolute Gasteiger partial charge is 0.379 e. The van der Waals surface area contributed by atoms with Crippen LogP contribution in [0.1, 0.15) is 18.4 Å². The number of nitrogens with zero attached hydrogens (tertiary/aromatic N) is 1. The quantitative estimate of drug-likeness (QED) is 0.889. The number of aryl methyl sites for hydroxylation is 1. The molecule has 3 fully saturated rings. The van der Waals surface area contributed by atoms with Crippen molar-refractivity contribution in [3.8, 4) is 0 Å². The first kappa shape index (κ1) is 12.6. The number of nitrogens with one attached hydrogen (secondary N) is 1. The second-order valence-corrected chi connectivity index (χ2v) is 6.28. The zero-order chi connectivity index (χ0) is 12.7. The van der Waals surface area contributed by atoms with Gasteiger partial charge >= 0.3 is 0 Å². The molecule has 2 nitrogen and oxygen atoms in total. The SMILES string of the molecule is Cc1cc(Cl)c(NC2CN3CCC2CC3)cc1Cl. The van der Waals surface area contributed by atoms with Gasteiger partial charge in [0.2, 0.25) is 0 Å². The van der Waals surface area contributed by atoms with Crippen molar-refractivity contribution in [2.75, 3.05) is 25.0 Å². The van der Waals surface area contributed by atoms with Crippen molar-refractivity contribution in [3.63, 3.8) is 0 Å². The second-order valence-electron chi connectivity index (χ2n) is 5.47. The third-order valence-corrected chi connectivity index (χ3v) is 4.97. The van der Waals surface area contributed by atoms with Crippen LogP contribution in [0.5, 0.6) is 0 Å². The van der Waals surface area contributed by atoms with E-state index in [1.165, 1.54) is 25.9 Å². The van der Waals surface area contributed by atoms with E-state index in [1.54, 1.807) is 0 Å². The summed E-state index contributed by atoms with van der Waals surface area (Å²) in [6.45, 7) is 5.62. The summed E-state index contributed by atoms with van der Waals surface area (Å²) < 4.78 is 0. The van der Waals surface area contributed by atoms with Crippen molar-refractivity contribution in [2.24, 2.45) is 5.92 Å². The Hall–Kier alpha value is -0.440. The van der Waals surface area contributed by atoms with Gasteiger partial charge in [-0.3, -0.25) is 0 Å². The molecule has 0 spiro atoms. The molecule has 3 saturated heterocycles. The van der Waals surface area contributed by atoms with Crippen LogP contribution in [0.2, 0.25) is 10.0 Å². The van der Waals surface area contributed by atoms with E-state index >= 15 is 0 Å². The van der Waals surface area contributed by atoms with E-state index in [-0.39, 0.29) is 0 Å². The molecule has 1 unspecified atom stereocenters. The molecule has 4 rings (SSSR count). The van der Waals surface area contributed by atoms with Gasteiger partial charge in [-0.05, 0) is 56.5 Å². The molecule has 98 valence electrons. The van der Waals surface area contributed by atoms with Crippen LogP contribution in [0.4, 0.5) is 5.69 Å². The third kappa shape index (κ3) is 2.34. The van der Waals surface area contributed by atoms with Crippen LogP contribution in [0.3, 0.4) is 0 Å². The van der Waals surface area contributed by atoms with Crippen LogP contribution in [-0.4, -0.2) is 30.6 Å². The Morgan fingerprint density at radius 3 is 2.50 bits per heavy atom. The summed E-state index contributed by atoms with van der Waals surface area (Å²) in [4.78, 5) is 2.53. The normalized spacial score (nSPS) is 30.5. The van der Waals surface area contributed by atoms with Crippen LogP contribution < -0.4 is 5.32 Å². The van der Waals surface area contributed by atoms with Crippen LogP contribution in [0, 0.1) is 12.8 Å². The van der Waals surface area contributed by atoms with E-state index in [0.717, 1.165) is 33.8 Å². The van der Waals surface area contributed by atoms with Crippen molar-refractivity contribution in [1.82, 2.24) is 4.90 Å². The Bertz CT molecular complexity index is 453. The molecule has 18 heavy (non-hydrogen) atoms. The van der Waals surface area contributed by atoms with Gasteiger partial charge in [0.25, 0.3) is 0 Å². The van der Waals surface area contributed by atoms with E-state index in [0.29, 0.717) is 6.04 Å². The summed E-state index contributed by atoms with van der Waals surface area (Å²) in [5.74, 6) is 0.783. The monoisotopic (exact) mass is 284 g/mol. The molecule has 1 aromatic carbocycles. The van der Waals surface area contributed by atoms with Gasteiger partial charge in [-0.1, -0.05) is 23.2 Å². The van der Waals surface area contributed by atoms with Crippen molar-refractivity contribution >= 4 is 28.9 Å². The molecule has 2 bridgehead atoms. The number of hydrogen-bond acceptors (Lipinski definition) is 2. The fourth-order valence-electron chi connectivity index (χ4n) is 3.09. The van der Waals surface area contributed by atoms with Gasteiger partial charge in [0.05, 0.1) is 10.7 Å². The Morgan fingerprint density at radius 2 is 1.89 bits per heavy atom. The first-order valence-corrected chi connectivity index (χ1v) is 7.33. The minimum atomic E-state index is 0.517. The number of rotatable bonds is 2. The van der Waals surface area contributed by atoms with E-state index in [2.05, 4.69) is 10.2 Å². The van der Waals surface area contributed by atoms with Gasteiger partial charge < -0.3 is 10.2 Å². The predicted octanol–water partition coefficient (Wildman–Crippen LogP) is 3.81. The molecule has 1 atom stereocenters. The van der Waals surface area contributed by atoms with E-state index in [1.807, 2.05) is 19.1 Å². The lowest BCUT2D eigenvalue weighted by molar-refractivity contribution is 0.0975. The molecule has 0 aliphatic carbocycles. The first-order valence-electron chi connectivity index (χ1n) is 6.58. The highest BCUT2D eigenvalue weighted by Crippen LogP contribution is 2.34. The summed E-state index contributed by atoms with van der Waals surface area (Å²) in [7, 11) is 0. The van der Waals surface area contributed by atoms with Gasteiger partial charge in [-0.15, -0.1) is 0 Å². The van der Waals surface area contributed by atoms with Crippen LogP contribution in [0.15, 0.2) is 12.1 Å². The van der Waals surface area contributed by atoms with Crippen LogP contribution >= 0.6 is 23.2 Å². The molecule has 1 N–H and O–H groups in total. The Balaban J connectivity index is 1.78. The Morgan fingerprint density at radius 1 is 1.17 bits per heavy atom. The van der Waals surface area contributed by atoms with Crippen molar-refractivity contribution < 1.29 is 0 Å². The lowest BCUT2D eigenvalue weighted by atomic mass is 9.84. The predicted molar refractivity (Wildman–Crippen MR) is 77.8 cm³/mol. The third-order valence-electron chi connectivity index (χ3n) is 4.25. The number of hydrogen-bond donors (Lipinski definition) is 1. The smallest absolute Gasteiger partial charge is 0.0641 e. The second kappa shape index (κ2) is 4.92. The zero-order valence-corrected chi connectivity index (χ0v) is 12.1. The number of benzene rings is 1. The maximum absolute atomic E-state index is 6.29. The summed E-state index contributed by atoms with van der Waals surface area (Å²) in [5, 5.41) is 5.14. The average molecular weight is 285 g/mol. The Labute approximate surface area is 118 Å². The van der Waals surface area contributed by atoms with Crippen molar-refractivity contribution in [3.05, 3.63) is 27.7 Å². The summed E-state index contributed by atoms with van der Waals surface area (Å²) >= 11 is 12.5. The molecule has 4 heteroatoms. The number of fused-ring (bicyclic) bond motifs is 3. The highest BCUT2D eigenvalue weighted by molar-refractivity contribution is 6.35. The molecule has 0 saturated carbocycles. The van der Waals surface area contributed by atoms with Crippen LogP contribution in [0.25, 0.3) is 0 Å². The number of anilines is 1. The lowest BCUT2D eigenvalue weighted by Crippen LogP contribution is -2.53. The fraction of sp³-hybridized carbons (Fsp3) is 0.571. The minimum Gasteiger partial charge on any atom is -0.379 e.